The molecule has 9 amide bonds. The molecule has 0 bridgehead atoms. The number of aliphatic hydroxyl groups is 1. The summed E-state index contributed by atoms with van der Waals surface area (Å²) in [6.45, 7) is 11.8. The van der Waals surface area contributed by atoms with Crippen molar-refractivity contribution in [1.29, 1.82) is 0 Å². The molecule has 0 aliphatic rings. The van der Waals surface area contributed by atoms with Crippen LogP contribution in [0.5, 0.6) is 0 Å². The Bertz CT molecular complexity index is 2660. The molecule has 0 aromatic heterocycles. The number of nitrogens with zero attached hydrogens (tertiary/aromatic N) is 1. The quantitative estimate of drug-likeness (QED) is 0.0192. The summed E-state index contributed by atoms with van der Waals surface area (Å²) in [5.41, 5.74) is 24.1. The number of amides is 9. The smallest absolute Gasteiger partial charge is 0.326 e. The number of guanidine groups is 1. The number of carboxylic acid groups (broad SMARTS) is 1. The molecule has 10 atom stereocenters. The number of primary amides is 1. The summed E-state index contributed by atoms with van der Waals surface area (Å²) in [7, 11) is 0. The van der Waals surface area contributed by atoms with Crippen LogP contribution in [0.3, 0.4) is 0 Å². The Balaban J connectivity index is 1.90. The molecule has 454 valence electrons. The average Bonchev–Trinajstić information content (AvgIpc) is 3.48. The van der Waals surface area contributed by atoms with E-state index in [-0.39, 0.29) is 62.9 Å². The first-order valence-corrected chi connectivity index (χ1v) is 27.7. The molecule has 0 aliphatic carbocycles. The maximum absolute atomic E-state index is 14.5. The van der Waals surface area contributed by atoms with E-state index in [4.69, 9.17) is 22.9 Å². The highest BCUT2D eigenvalue weighted by Crippen LogP contribution is 2.14. The standard InChI is InChI=1S/C58H85N13O12/c1-32(2)26-40(65-52(77)44(31-46(60)73)64-49(74)39(59)24-17-25-63-58(61)62)50(75)67-42(28-36-18-11-8-12-19-36)51(76)66-41(27-33(3)4)53(78)71-48(35(7)72)56(81)68-43(29-37-20-13-9-14-21-37)54(79)70-47(34(5)6)55(80)69-45(57(82)83)30-38-22-15-10-16-23-38/h8-16,18-23,32-35,39-45,47-48,72H,17,24-31,59H2,1-7H3,(H2,60,73)(H,64,74)(H,65,77)(H,66,76)(H,67,75)(H,68,81)(H,69,80)(H,70,79)(H,71,78)(H,82,83)(H4,61,62,63). The van der Waals surface area contributed by atoms with E-state index in [0.29, 0.717) is 23.1 Å². The maximum Gasteiger partial charge on any atom is 0.326 e. The Kier molecular flexibility index (Phi) is 28.8. The van der Waals surface area contributed by atoms with Crippen LogP contribution in [-0.4, -0.2) is 142 Å². The number of nitrogens with one attached hydrogen (secondary N) is 8. The van der Waals surface area contributed by atoms with Gasteiger partial charge in [0.15, 0.2) is 5.96 Å². The topological polar surface area (TPSA) is 424 Å². The predicted octanol–water partition coefficient (Wildman–Crippen LogP) is -0.937. The summed E-state index contributed by atoms with van der Waals surface area (Å²) in [4.78, 5) is 141. The molecule has 0 spiro atoms. The van der Waals surface area contributed by atoms with Crippen LogP contribution in [-0.2, 0) is 67.2 Å². The van der Waals surface area contributed by atoms with E-state index in [0.717, 1.165) is 0 Å². The molecule has 10 unspecified atom stereocenters. The molecule has 3 aromatic carbocycles. The van der Waals surface area contributed by atoms with Gasteiger partial charge in [0.05, 0.1) is 18.6 Å². The molecule has 25 nitrogen and oxygen atoms in total. The van der Waals surface area contributed by atoms with Crippen molar-refractivity contribution in [1.82, 2.24) is 42.5 Å². The lowest BCUT2D eigenvalue weighted by Crippen LogP contribution is -2.62. The highest BCUT2D eigenvalue weighted by molar-refractivity contribution is 5.99. The Morgan fingerprint density at radius 2 is 0.807 bits per heavy atom. The first-order valence-electron chi connectivity index (χ1n) is 27.7. The number of aliphatic imine (C=N–C) groups is 1. The van der Waals surface area contributed by atoms with Gasteiger partial charge < -0.3 is 75.7 Å². The van der Waals surface area contributed by atoms with E-state index >= 15 is 0 Å². The maximum atomic E-state index is 14.5. The van der Waals surface area contributed by atoms with Crippen molar-refractivity contribution in [2.45, 2.75) is 160 Å². The van der Waals surface area contributed by atoms with Crippen LogP contribution in [0.2, 0.25) is 0 Å². The van der Waals surface area contributed by atoms with E-state index in [1.807, 2.05) is 0 Å². The number of benzene rings is 3. The fraction of sp³-hybridized carbons (Fsp3) is 0.500. The summed E-state index contributed by atoms with van der Waals surface area (Å²) in [5.74, 6) is -10.4. The third-order valence-electron chi connectivity index (χ3n) is 13.1. The Hall–Kier alpha value is -8.45. The number of aliphatic hydroxyl groups excluding tert-OH is 1. The second kappa shape index (κ2) is 34.7. The third kappa shape index (κ3) is 25.1. The zero-order valence-electron chi connectivity index (χ0n) is 48.3. The molecule has 83 heavy (non-hydrogen) atoms. The van der Waals surface area contributed by atoms with Gasteiger partial charge in [-0.15, -0.1) is 0 Å². The van der Waals surface area contributed by atoms with Crippen LogP contribution >= 0.6 is 0 Å². The fourth-order valence-corrected chi connectivity index (χ4v) is 8.70. The molecule has 3 aromatic rings. The number of aliphatic carboxylic acids is 1. The first kappa shape index (κ1) is 68.8. The molecule has 0 radical (unpaired) electrons. The molecule has 25 heteroatoms. The van der Waals surface area contributed by atoms with Gasteiger partial charge in [0.1, 0.15) is 48.3 Å². The minimum atomic E-state index is -1.73. The summed E-state index contributed by atoms with van der Waals surface area (Å²) in [6, 6.07) is 13.2. The van der Waals surface area contributed by atoms with Gasteiger partial charge in [-0.3, -0.25) is 48.1 Å². The molecular formula is C58H85N13O12. The predicted molar refractivity (Wildman–Crippen MR) is 311 cm³/mol. The van der Waals surface area contributed by atoms with Crippen molar-refractivity contribution >= 4 is 65.1 Å². The Labute approximate surface area is 484 Å². The number of hydrogen-bond donors (Lipinski definition) is 14. The fourth-order valence-electron chi connectivity index (χ4n) is 8.70. The first-order chi connectivity index (χ1) is 39.1. The van der Waals surface area contributed by atoms with Gasteiger partial charge in [-0.25, -0.2) is 4.79 Å². The van der Waals surface area contributed by atoms with E-state index in [1.54, 1.807) is 133 Å². The second-order valence-electron chi connectivity index (χ2n) is 21.7. The van der Waals surface area contributed by atoms with Crippen LogP contribution in [0.1, 0.15) is 97.3 Å². The minimum absolute atomic E-state index is 0.0115. The van der Waals surface area contributed by atoms with Crippen molar-refractivity contribution in [3.63, 3.8) is 0 Å². The lowest BCUT2D eigenvalue weighted by molar-refractivity contribution is -0.142. The number of rotatable bonds is 35. The third-order valence-corrected chi connectivity index (χ3v) is 13.1. The Morgan fingerprint density at radius 3 is 1.22 bits per heavy atom. The number of carbonyl (C=O) groups is 10. The van der Waals surface area contributed by atoms with Crippen LogP contribution in [0.15, 0.2) is 96.0 Å². The van der Waals surface area contributed by atoms with Gasteiger partial charge in [0.2, 0.25) is 53.2 Å². The monoisotopic (exact) mass is 1160 g/mol. The highest BCUT2D eigenvalue weighted by atomic mass is 16.4. The number of nitrogens with two attached hydrogens (primary N) is 4. The van der Waals surface area contributed by atoms with Crippen molar-refractivity contribution < 1.29 is 58.2 Å². The lowest BCUT2D eigenvalue weighted by atomic mass is 9.98. The minimum Gasteiger partial charge on any atom is -0.480 e. The van der Waals surface area contributed by atoms with Crippen molar-refractivity contribution in [2.24, 2.45) is 45.7 Å². The summed E-state index contributed by atoms with van der Waals surface area (Å²) < 4.78 is 0. The highest BCUT2D eigenvalue weighted by Gasteiger charge is 2.37. The van der Waals surface area contributed by atoms with E-state index in [2.05, 4.69) is 47.5 Å². The van der Waals surface area contributed by atoms with Crippen molar-refractivity contribution in [3.8, 4) is 0 Å². The summed E-state index contributed by atoms with van der Waals surface area (Å²) in [5, 5.41) is 41.9. The second-order valence-corrected chi connectivity index (χ2v) is 21.7. The van der Waals surface area contributed by atoms with Gasteiger partial charge >= 0.3 is 5.97 Å². The van der Waals surface area contributed by atoms with E-state index in [1.165, 1.54) is 6.92 Å². The SMILES string of the molecule is CC(C)CC(NC(=O)C(CC(N)=O)NC(=O)C(N)CCCN=C(N)N)C(=O)NC(Cc1ccccc1)C(=O)NC(CC(C)C)C(=O)NC(C(=O)NC(Cc1ccccc1)C(=O)NC(C(=O)NC(Cc1ccccc1)C(=O)O)C(C)C)C(C)O. The van der Waals surface area contributed by atoms with E-state index in [9.17, 15) is 58.2 Å². The molecule has 0 aliphatic heterocycles. The molecule has 18 N–H and O–H groups in total. The Morgan fingerprint density at radius 1 is 0.458 bits per heavy atom. The summed E-state index contributed by atoms with van der Waals surface area (Å²) in [6.07, 6.45) is -2.08. The number of carboxylic acids is 1. The zero-order valence-corrected chi connectivity index (χ0v) is 48.3. The van der Waals surface area contributed by atoms with Crippen LogP contribution in [0, 0.1) is 17.8 Å². The zero-order chi connectivity index (χ0) is 61.9. The number of carbonyl (C=O) groups excluding carboxylic acids is 9. The van der Waals surface area contributed by atoms with Crippen LogP contribution < -0.4 is 65.5 Å². The van der Waals surface area contributed by atoms with Crippen molar-refractivity contribution in [3.05, 3.63) is 108 Å². The van der Waals surface area contributed by atoms with Crippen molar-refractivity contribution in [2.75, 3.05) is 6.54 Å². The molecule has 0 heterocycles. The van der Waals surface area contributed by atoms with Gasteiger partial charge in [0.25, 0.3) is 0 Å². The molecule has 0 fully saturated rings. The molecular weight excluding hydrogens is 1070 g/mol. The largest absolute Gasteiger partial charge is 0.480 e. The van der Waals surface area contributed by atoms with Gasteiger partial charge in [0, 0.05) is 25.8 Å². The van der Waals surface area contributed by atoms with Crippen LogP contribution in [0.25, 0.3) is 0 Å². The molecule has 0 saturated carbocycles. The van der Waals surface area contributed by atoms with Gasteiger partial charge in [-0.2, -0.15) is 0 Å². The molecule has 0 saturated heterocycles. The van der Waals surface area contributed by atoms with Crippen LogP contribution in [0.4, 0.5) is 0 Å². The van der Waals surface area contributed by atoms with Gasteiger partial charge in [-0.05, 0) is 67.1 Å². The molecule has 3 rings (SSSR count). The normalized spacial score (nSPS) is 14.8. The summed E-state index contributed by atoms with van der Waals surface area (Å²) >= 11 is 0. The number of hydrogen-bond acceptors (Lipinski definition) is 13. The van der Waals surface area contributed by atoms with Gasteiger partial charge in [-0.1, -0.05) is 133 Å². The van der Waals surface area contributed by atoms with E-state index < -0.39 is 132 Å². The lowest BCUT2D eigenvalue weighted by Gasteiger charge is -2.30. The average molecular weight is 1160 g/mol.